The van der Waals surface area contributed by atoms with Gasteiger partial charge in [-0.3, -0.25) is 15.5 Å². The number of anilines is 1. The van der Waals surface area contributed by atoms with Gasteiger partial charge in [-0.25, -0.2) is 0 Å². The van der Waals surface area contributed by atoms with Crippen LogP contribution in [0.1, 0.15) is 16.7 Å². The van der Waals surface area contributed by atoms with Gasteiger partial charge in [-0.2, -0.15) is 5.10 Å². The predicted octanol–water partition coefficient (Wildman–Crippen LogP) is 6.20. The second-order valence-corrected chi connectivity index (χ2v) is 7.43. The number of hydrazone groups is 1. The molecule has 0 aliphatic rings. The highest BCUT2D eigenvalue weighted by molar-refractivity contribution is 5.81. The summed E-state index contributed by atoms with van der Waals surface area (Å²) >= 11 is 0. The fourth-order valence-corrected chi connectivity index (χ4v) is 3.18. The van der Waals surface area contributed by atoms with Crippen LogP contribution in [0.15, 0.2) is 108 Å². The van der Waals surface area contributed by atoms with Crippen molar-refractivity contribution in [3.05, 3.63) is 130 Å². The lowest BCUT2D eigenvalue weighted by molar-refractivity contribution is -0.384. The Kier molecular flexibility index (Phi) is 7.48. The van der Waals surface area contributed by atoms with Gasteiger partial charge in [0.15, 0.2) is 11.5 Å². The maximum Gasteiger partial charge on any atom is 0.271 e. The van der Waals surface area contributed by atoms with E-state index in [9.17, 15) is 10.1 Å². The normalized spacial score (nSPS) is 10.7. The third kappa shape index (κ3) is 6.43. The third-order valence-corrected chi connectivity index (χ3v) is 4.91. The van der Waals surface area contributed by atoms with E-state index in [0.29, 0.717) is 30.4 Å². The summed E-state index contributed by atoms with van der Waals surface area (Å²) in [6, 6.07) is 31.5. The van der Waals surface area contributed by atoms with Gasteiger partial charge < -0.3 is 9.47 Å². The van der Waals surface area contributed by atoms with E-state index in [-0.39, 0.29) is 5.69 Å². The number of benzene rings is 4. The summed E-state index contributed by atoms with van der Waals surface area (Å²) in [5.74, 6) is 1.22. The molecule has 0 saturated carbocycles. The number of nitro benzene ring substituents is 1. The van der Waals surface area contributed by atoms with E-state index < -0.39 is 4.92 Å². The van der Waals surface area contributed by atoms with E-state index in [1.165, 1.54) is 12.1 Å². The first-order chi connectivity index (χ1) is 16.7. The van der Waals surface area contributed by atoms with Crippen LogP contribution in [0.4, 0.5) is 11.4 Å². The topological polar surface area (TPSA) is 86.0 Å². The van der Waals surface area contributed by atoms with Crippen molar-refractivity contribution in [2.24, 2.45) is 5.10 Å². The van der Waals surface area contributed by atoms with Crippen molar-refractivity contribution in [1.82, 2.24) is 0 Å². The molecule has 0 atom stereocenters. The van der Waals surface area contributed by atoms with Gasteiger partial charge in [-0.15, -0.1) is 0 Å². The monoisotopic (exact) mass is 453 g/mol. The highest BCUT2D eigenvalue weighted by atomic mass is 16.6. The first-order valence-electron chi connectivity index (χ1n) is 10.7. The van der Waals surface area contributed by atoms with Crippen LogP contribution >= 0.6 is 0 Å². The van der Waals surface area contributed by atoms with Crippen LogP contribution in [0.3, 0.4) is 0 Å². The standard InChI is InChI=1S/C27H23N3O4/c31-30(32)25-13-7-12-24(17-25)29-28-18-23-14-15-26(33-19-21-8-3-1-4-9-21)27(16-23)34-20-22-10-5-2-6-11-22/h1-18,29H,19-20H2. The maximum atomic E-state index is 10.9. The number of hydrogen-bond donors (Lipinski definition) is 1. The number of non-ortho nitro benzene ring substituents is 1. The van der Waals surface area contributed by atoms with Crippen LogP contribution in [0.25, 0.3) is 0 Å². The number of hydrogen-bond acceptors (Lipinski definition) is 6. The Morgan fingerprint density at radius 1 is 0.765 bits per heavy atom. The molecule has 4 rings (SSSR count). The summed E-state index contributed by atoms with van der Waals surface area (Å²) in [4.78, 5) is 10.5. The van der Waals surface area contributed by atoms with Gasteiger partial charge >= 0.3 is 0 Å². The Morgan fingerprint density at radius 3 is 2.06 bits per heavy atom. The Balaban J connectivity index is 1.49. The number of nitrogens with zero attached hydrogens (tertiary/aromatic N) is 2. The number of nitrogens with one attached hydrogen (secondary N) is 1. The van der Waals surface area contributed by atoms with Gasteiger partial charge in [0.25, 0.3) is 5.69 Å². The molecular weight excluding hydrogens is 430 g/mol. The van der Waals surface area contributed by atoms with Crippen LogP contribution in [0, 0.1) is 10.1 Å². The largest absolute Gasteiger partial charge is 0.485 e. The van der Waals surface area contributed by atoms with Crippen LogP contribution in [0.5, 0.6) is 11.5 Å². The molecule has 0 spiro atoms. The van der Waals surface area contributed by atoms with Crippen molar-refractivity contribution in [2.45, 2.75) is 13.2 Å². The van der Waals surface area contributed by atoms with E-state index in [1.54, 1.807) is 18.3 Å². The molecule has 0 heterocycles. The van der Waals surface area contributed by atoms with E-state index in [2.05, 4.69) is 10.5 Å². The molecule has 0 saturated heterocycles. The van der Waals surface area contributed by atoms with Gasteiger partial charge in [-0.1, -0.05) is 66.7 Å². The van der Waals surface area contributed by atoms with E-state index >= 15 is 0 Å². The smallest absolute Gasteiger partial charge is 0.271 e. The van der Waals surface area contributed by atoms with Crippen molar-refractivity contribution in [3.63, 3.8) is 0 Å². The molecule has 0 amide bonds. The van der Waals surface area contributed by atoms with Gasteiger partial charge in [0.05, 0.1) is 16.8 Å². The fourth-order valence-electron chi connectivity index (χ4n) is 3.18. The third-order valence-electron chi connectivity index (χ3n) is 4.91. The second-order valence-electron chi connectivity index (χ2n) is 7.43. The fraction of sp³-hybridized carbons (Fsp3) is 0.0741. The molecule has 34 heavy (non-hydrogen) atoms. The van der Waals surface area contributed by atoms with E-state index in [0.717, 1.165) is 16.7 Å². The summed E-state index contributed by atoms with van der Waals surface area (Å²) in [5.41, 5.74) is 6.23. The van der Waals surface area contributed by atoms with Crippen molar-refractivity contribution in [1.29, 1.82) is 0 Å². The summed E-state index contributed by atoms with van der Waals surface area (Å²) < 4.78 is 12.1. The Labute approximate surface area is 197 Å². The zero-order valence-corrected chi connectivity index (χ0v) is 18.3. The molecule has 7 heteroatoms. The molecule has 0 bridgehead atoms. The molecule has 0 radical (unpaired) electrons. The minimum atomic E-state index is -0.445. The van der Waals surface area contributed by atoms with Crippen LogP contribution in [0.2, 0.25) is 0 Å². The van der Waals surface area contributed by atoms with Crippen LogP contribution in [-0.4, -0.2) is 11.1 Å². The summed E-state index contributed by atoms with van der Waals surface area (Å²) in [6.45, 7) is 0.819. The highest BCUT2D eigenvalue weighted by Gasteiger charge is 2.08. The zero-order chi connectivity index (χ0) is 23.6. The Bertz CT molecular complexity index is 1260. The molecule has 7 nitrogen and oxygen atoms in total. The van der Waals surface area contributed by atoms with Gasteiger partial charge in [-0.05, 0) is 41.0 Å². The molecule has 0 fully saturated rings. The molecule has 4 aromatic carbocycles. The Hall–Kier alpha value is -4.65. The molecule has 0 aliphatic heterocycles. The van der Waals surface area contributed by atoms with Gasteiger partial charge in [0.2, 0.25) is 0 Å². The summed E-state index contributed by atoms with van der Waals surface area (Å²) in [7, 11) is 0. The van der Waals surface area contributed by atoms with E-state index in [4.69, 9.17) is 9.47 Å². The molecule has 0 unspecified atom stereocenters. The summed E-state index contributed by atoms with van der Waals surface area (Å²) in [6.07, 6.45) is 1.62. The quantitative estimate of drug-likeness (QED) is 0.176. The second kappa shape index (κ2) is 11.3. The predicted molar refractivity (Wildman–Crippen MR) is 132 cm³/mol. The molecule has 170 valence electrons. The maximum absolute atomic E-state index is 10.9. The minimum Gasteiger partial charge on any atom is -0.485 e. The lowest BCUT2D eigenvalue weighted by Gasteiger charge is -2.14. The lowest BCUT2D eigenvalue weighted by Crippen LogP contribution is -2.01. The zero-order valence-electron chi connectivity index (χ0n) is 18.3. The summed E-state index contributed by atoms with van der Waals surface area (Å²) in [5, 5.41) is 15.1. The molecule has 4 aromatic rings. The molecule has 0 aromatic heterocycles. The minimum absolute atomic E-state index is 0.00304. The lowest BCUT2D eigenvalue weighted by atomic mass is 10.2. The SMILES string of the molecule is O=[N+]([O-])c1cccc(NN=Cc2ccc(OCc3ccccc3)c(OCc3ccccc3)c2)c1. The van der Waals surface area contributed by atoms with Crippen molar-refractivity contribution < 1.29 is 14.4 Å². The van der Waals surface area contributed by atoms with Crippen LogP contribution < -0.4 is 14.9 Å². The first-order valence-corrected chi connectivity index (χ1v) is 10.7. The van der Waals surface area contributed by atoms with Crippen LogP contribution in [-0.2, 0) is 13.2 Å². The number of ether oxygens (including phenoxy) is 2. The average Bonchev–Trinajstić information content (AvgIpc) is 2.88. The number of rotatable bonds is 10. The van der Waals surface area contributed by atoms with Gasteiger partial charge in [0.1, 0.15) is 13.2 Å². The Morgan fingerprint density at radius 2 is 1.41 bits per heavy atom. The number of nitro groups is 1. The first kappa shape index (κ1) is 22.5. The van der Waals surface area contributed by atoms with E-state index in [1.807, 2.05) is 78.9 Å². The highest BCUT2D eigenvalue weighted by Crippen LogP contribution is 2.30. The molecule has 0 aliphatic carbocycles. The van der Waals surface area contributed by atoms with Crippen molar-refractivity contribution in [2.75, 3.05) is 5.43 Å². The average molecular weight is 453 g/mol. The molecular formula is C27H23N3O4. The molecule has 1 N–H and O–H groups in total. The van der Waals surface area contributed by atoms with Gasteiger partial charge in [0, 0.05) is 12.1 Å². The van der Waals surface area contributed by atoms with Crippen molar-refractivity contribution in [3.8, 4) is 11.5 Å². The van der Waals surface area contributed by atoms with Crippen molar-refractivity contribution >= 4 is 17.6 Å².